The van der Waals surface area contributed by atoms with Gasteiger partial charge in [0, 0.05) is 57.5 Å². The van der Waals surface area contributed by atoms with Crippen LogP contribution in [-0.2, 0) is 17.5 Å². The van der Waals surface area contributed by atoms with Crippen LogP contribution in [0.1, 0.15) is 38.8 Å². The number of ether oxygens (including phenoxy) is 1. The van der Waals surface area contributed by atoms with E-state index < -0.39 is 11.7 Å². The van der Waals surface area contributed by atoms with Gasteiger partial charge < -0.3 is 20.3 Å². The van der Waals surface area contributed by atoms with Crippen molar-refractivity contribution in [1.29, 1.82) is 0 Å². The van der Waals surface area contributed by atoms with Gasteiger partial charge in [0.05, 0.1) is 18.8 Å². The second kappa shape index (κ2) is 11.6. The Bertz CT molecular complexity index is 708. The number of benzene rings is 1. The summed E-state index contributed by atoms with van der Waals surface area (Å²) in [5, 5.41) is 6.21. The van der Waals surface area contributed by atoms with Gasteiger partial charge >= 0.3 is 6.18 Å². The summed E-state index contributed by atoms with van der Waals surface area (Å²) >= 11 is 0. The Morgan fingerprint density at radius 2 is 1.77 bits per heavy atom. The third-order valence-corrected chi connectivity index (χ3v) is 5.43. The highest BCUT2D eigenvalue weighted by Gasteiger charge is 2.34. The Morgan fingerprint density at radius 1 is 1.13 bits per heavy atom. The molecule has 0 aromatic heterocycles. The minimum absolute atomic E-state index is 0.0377. The number of hydrogen-bond donors (Lipinski definition) is 2. The molecule has 0 spiro atoms. The van der Waals surface area contributed by atoms with Crippen LogP contribution in [0.15, 0.2) is 23.2 Å². The second-order valence-electron chi connectivity index (χ2n) is 8.22. The molecule has 176 valence electrons. The Morgan fingerprint density at radius 3 is 2.32 bits per heavy atom. The number of halogens is 3. The minimum Gasteiger partial charge on any atom is -0.378 e. The van der Waals surface area contributed by atoms with Crippen molar-refractivity contribution in [3.05, 3.63) is 29.3 Å². The molecule has 1 aliphatic rings. The number of alkyl halides is 3. The molecule has 0 saturated carbocycles. The largest absolute Gasteiger partial charge is 0.416 e. The van der Waals surface area contributed by atoms with Crippen LogP contribution in [0.3, 0.4) is 0 Å². The van der Waals surface area contributed by atoms with Crippen LogP contribution in [0.25, 0.3) is 0 Å². The fourth-order valence-electron chi connectivity index (χ4n) is 3.82. The normalized spacial score (nSPS) is 15.8. The summed E-state index contributed by atoms with van der Waals surface area (Å²) in [5.74, 6) is 0.484. The maximum absolute atomic E-state index is 13.7. The molecule has 0 amide bonds. The summed E-state index contributed by atoms with van der Waals surface area (Å²) in [6.07, 6.45) is -4.43. The third-order valence-electron chi connectivity index (χ3n) is 5.43. The average molecular weight is 444 g/mol. The number of morpholine rings is 1. The van der Waals surface area contributed by atoms with Gasteiger partial charge in [-0.25, -0.2) is 0 Å². The van der Waals surface area contributed by atoms with Crippen molar-refractivity contribution >= 4 is 11.6 Å². The molecule has 0 unspecified atom stereocenters. The summed E-state index contributed by atoms with van der Waals surface area (Å²) in [6.45, 7) is 12.3. The van der Waals surface area contributed by atoms with Crippen LogP contribution in [0.2, 0.25) is 0 Å². The predicted molar refractivity (Wildman–Crippen MR) is 120 cm³/mol. The average Bonchev–Trinajstić information content (AvgIpc) is 2.72. The van der Waals surface area contributed by atoms with Crippen molar-refractivity contribution in [2.45, 2.75) is 52.5 Å². The molecule has 2 N–H and O–H groups in total. The van der Waals surface area contributed by atoms with E-state index in [1.807, 2.05) is 4.90 Å². The molecule has 9 heteroatoms. The first-order chi connectivity index (χ1) is 14.6. The SMILES string of the molecule is CN=C(NCCN(C(C)C)C(C)C)NCc1ccc(N2CCOCC2)cc1C(F)(F)F. The van der Waals surface area contributed by atoms with E-state index in [1.165, 1.54) is 6.07 Å². The molecule has 1 fully saturated rings. The minimum atomic E-state index is -4.43. The molecule has 1 aliphatic heterocycles. The van der Waals surface area contributed by atoms with E-state index in [9.17, 15) is 13.2 Å². The van der Waals surface area contributed by atoms with Crippen molar-refractivity contribution in [1.82, 2.24) is 15.5 Å². The Hall–Kier alpha value is -2.00. The molecule has 1 aromatic carbocycles. The van der Waals surface area contributed by atoms with E-state index in [-0.39, 0.29) is 12.1 Å². The summed E-state index contributed by atoms with van der Waals surface area (Å²) in [6, 6.07) is 5.36. The molecule has 0 bridgehead atoms. The predicted octanol–water partition coefficient (Wildman–Crippen LogP) is 3.33. The van der Waals surface area contributed by atoms with E-state index in [1.54, 1.807) is 19.2 Å². The topological polar surface area (TPSA) is 52.1 Å². The van der Waals surface area contributed by atoms with E-state index >= 15 is 0 Å². The smallest absolute Gasteiger partial charge is 0.378 e. The lowest BCUT2D eigenvalue weighted by atomic mass is 10.0. The molecule has 6 nitrogen and oxygen atoms in total. The maximum Gasteiger partial charge on any atom is 0.416 e. The lowest BCUT2D eigenvalue weighted by Gasteiger charge is -2.30. The molecule has 2 rings (SSSR count). The van der Waals surface area contributed by atoms with Crippen molar-refractivity contribution in [2.24, 2.45) is 4.99 Å². The van der Waals surface area contributed by atoms with Gasteiger partial charge in [0.1, 0.15) is 0 Å². The monoisotopic (exact) mass is 443 g/mol. The lowest BCUT2D eigenvalue weighted by molar-refractivity contribution is -0.138. The Balaban J connectivity index is 2.02. The molecular formula is C22H36F3N5O. The van der Waals surface area contributed by atoms with E-state index in [0.717, 1.165) is 6.54 Å². The second-order valence-corrected chi connectivity index (χ2v) is 8.22. The fourth-order valence-corrected chi connectivity index (χ4v) is 3.82. The lowest BCUT2D eigenvalue weighted by Crippen LogP contribution is -2.45. The highest BCUT2D eigenvalue weighted by atomic mass is 19.4. The van der Waals surface area contributed by atoms with E-state index in [2.05, 4.69) is 48.2 Å². The number of nitrogens with zero attached hydrogens (tertiary/aromatic N) is 3. The zero-order valence-electron chi connectivity index (χ0n) is 19.2. The van der Waals surface area contributed by atoms with Crippen LogP contribution in [0.4, 0.5) is 18.9 Å². The van der Waals surface area contributed by atoms with Gasteiger partial charge in [0.2, 0.25) is 0 Å². The Kier molecular flexibility index (Phi) is 9.43. The number of hydrogen-bond acceptors (Lipinski definition) is 4. The highest BCUT2D eigenvalue weighted by molar-refractivity contribution is 5.79. The van der Waals surface area contributed by atoms with Gasteiger partial charge in [-0.1, -0.05) is 6.07 Å². The van der Waals surface area contributed by atoms with Gasteiger partial charge in [-0.3, -0.25) is 9.89 Å². The molecule has 31 heavy (non-hydrogen) atoms. The van der Waals surface area contributed by atoms with Crippen molar-refractivity contribution in [2.75, 3.05) is 51.3 Å². The van der Waals surface area contributed by atoms with Crippen molar-refractivity contribution in [3.8, 4) is 0 Å². The molecule has 1 heterocycles. The summed E-state index contributed by atoms with van der Waals surface area (Å²) < 4.78 is 46.5. The standard InChI is InChI=1S/C22H36F3N5O/c1-16(2)30(17(3)4)9-8-27-21(26-5)28-15-18-6-7-19(14-20(18)22(23,24)25)29-10-12-31-13-11-29/h6-7,14,16-17H,8-13,15H2,1-5H3,(H2,26,27,28). The maximum atomic E-state index is 13.7. The summed E-state index contributed by atoms with van der Waals surface area (Å²) in [4.78, 5) is 8.41. The first-order valence-electron chi connectivity index (χ1n) is 10.9. The van der Waals surface area contributed by atoms with E-state index in [4.69, 9.17) is 4.74 Å². The van der Waals surface area contributed by atoms with Crippen LogP contribution >= 0.6 is 0 Å². The fraction of sp³-hybridized carbons (Fsp3) is 0.682. The van der Waals surface area contributed by atoms with E-state index in [0.29, 0.717) is 56.6 Å². The molecular weight excluding hydrogens is 407 g/mol. The van der Waals surface area contributed by atoms with Crippen LogP contribution in [-0.4, -0.2) is 69.4 Å². The van der Waals surface area contributed by atoms with Crippen LogP contribution in [0, 0.1) is 0 Å². The van der Waals surface area contributed by atoms with Crippen molar-refractivity contribution in [3.63, 3.8) is 0 Å². The highest BCUT2D eigenvalue weighted by Crippen LogP contribution is 2.35. The van der Waals surface area contributed by atoms with Crippen LogP contribution < -0.4 is 15.5 Å². The number of aliphatic imine (C=N–C) groups is 1. The van der Waals surface area contributed by atoms with Gasteiger partial charge in [0.15, 0.2) is 5.96 Å². The number of anilines is 1. The number of nitrogens with one attached hydrogen (secondary N) is 2. The molecule has 1 saturated heterocycles. The number of guanidine groups is 1. The first-order valence-corrected chi connectivity index (χ1v) is 10.9. The molecule has 0 atom stereocenters. The van der Waals surface area contributed by atoms with Gasteiger partial charge in [-0.05, 0) is 45.4 Å². The van der Waals surface area contributed by atoms with Crippen LogP contribution in [0.5, 0.6) is 0 Å². The quantitative estimate of drug-likeness (QED) is 0.477. The summed E-state index contributed by atoms with van der Waals surface area (Å²) in [7, 11) is 1.62. The summed E-state index contributed by atoms with van der Waals surface area (Å²) in [5.41, 5.74) is 0.146. The third kappa shape index (κ3) is 7.57. The first kappa shape index (κ1) is 25.3. The zero-order valence-corrected chi connectivity index (χ0v) is 19.2. The Labute approximate surface area is 183 Å². The number of rotatable bonds is 8. The van der Waals surface area contributed by atoms with Gasteiger partial charge in [-0.2, -0.15) is 13.2 Å². The van der Waals surface area contributed by atoms with Crippen molar-refractivity contribution < 1.29 is 17.9 Å². The molecule has 0 radical (unpaired) electrons. The zero-order chi connectivity index (χ0) is 23.0. The molecule has 0 aliphatic carbocycles. The molecule has 1 aromatic rings. The van der Waals surface area contributed by atoms with Gasteiger partial charge in [-0.15, -0.1) is 0 Å². The van der Waals surface area contributed by atoms with Gasteiger partial charge in [0.25, 0.3) is 0 Å².